The van der Waals surface area contributed by atoms with E-state index in [0.717, 1.165) is 0 Å². The van der Waals surface area contributed by atoms with Crippen molar-refractivity contribution in [1.82, 2.24) is 0 Å². The third-order valence-electron chi connectivity index (χ3n) is 4.01. The van der Waals surface area contributed by atoms with Crippen molar-refractivity contribution in [1.29, 1.82) is 0 Å². The first kappa shape index (κ1) is 18.3. The standard InChI is InChI=1S/C19H15BrO6/c1-10-15(20)19-14(18(23)16(10)21)13(9-26-19)17(22)11-3-5-12(6-4-11)25-8-7-24-2/h3-6,9H,7-8H2,1-2H3. The number of ether oxygens (including phenoxy) is 2. The van der Waals surface area contributed by atoms with Gasteiger partial charge in [-0.05, 0) is 47.1 Å². The molecule has 1 aromatic heterocycles. The van der Waals surface area contributed by atoms with Crippen LogP contribution < -0.4 is 4.74 Å². The fourth-order valence-corrected chi connectivity index (χ4v) is 3.04. The van der Waals surface area contributed by atoms with E-state index in [1.165, 1.54) is 13.2 Å². The summed E-state index contributed by atoms with van der Waals surface area (Å²) in [6.07, 6.45) is 1.21. The molecule has 7 heteroatoms. The van der Waals surface area contributed by atoms with Crippen LogP contribution in [0.25, 0.3) is 4.48 Å². The van der Waals surface area contributed by atoms with Crippen LogP contribution in [0.2, 0.25) is 0 Å². The highest BCUT2D eigenvalue weighted by Crippen LogP contribution is 2.37. The lowest BCUT2D eigenvalue weighted by Crippen LogP contribution is -2.22. The van der Waals surface area contributed by atoms with Crippen LogP contribution in [-0.4, -0.2) is 37.7 Å². The summed E-state index contributed by atoms with van der Waals surface area (Å²) >= 11 is 3.25. The van der Waals surface area contributed by atoms with E-state index in [2.05, 4.69) is 15.9 Å². The SMILES string of the molecule is COCCOc1ccc(C(=O)c2coc3c2C(=O)C(=O)C(C)=C3Br)cc1. The Balaban J connectivity index is 1.90. The molecule has 0 fully saturated rings. The summed E-state index contributed by atoms with van der Waals surface area (Å²) in [5.74, 6) is -0.992. The van der Waals surface area contributed by atoms with E-state index in [9.17, 15) is 14.4 Å². The number of Topliss-reactive ketones (excluding diaryl/α,β-unsaturated/α-hetero) is 2. The molecule has 6 nitrogen and oxygen atoms in total. The van der Waals surface area contributed by atoms with Crippen molar-refractivity contribution >= 4 is 37.8 Å². The smallest absolute Gasteiger partial charge is 0.237 e. The van der Waals surface area contributed by atoms with Crippen molar-refractivity contribution in [2.24, 2.45) is 0 Å². The van der Waals surface area contributed by atoms with Gasteiger partial charge < -0.3 is 13.9 Å². The van der Waals surface area contributed by atoms with Gasteiger partial charge in [0, 0.05) is 18.2 Å². The maximum Gasteiger partial charge on any atom is 0.237 e. The van der Waals surface area contributed by atoms with E-state index in [-0.39, 0.29) is 22.5 Å². The molecule has 0 unspecified atom stereocenters. The lowest BCUT2D eigenvalue weighted by molar-refractivity contribution is -0.111. The van der Waals surface area contributed by atoms with Crippen LogP contribution in [0, 0.1) is 0 Å². The molecule has 1 heterocycles. The number of allylic oxidation sites excluding steroid dienone is 1. The minimum atomic E-state index is -0.739. The van der Waals surface area contributed by atoms with Gasteiger partial charge in [0.1, 0.15) is 18.6 Å². The highest BCUT2D eigenvalue weighted by molar-refractivity contribution is 9.15. The maximum absolute atomic E-state index is 12.8. The largest absolute Gasteiger partial charge is 0.491 e. The van der Waals surface area contributed by atoms with Gasteiger partial charge in [-0.3, -0.25) is 14.4 Å². The topological polar surface area (TPSA) is 82.8 Å². The summed E-state index contributed by atoms with van der Waals surface area (Å²) in [6, 6.07) is 6.50. The number of ketones is 3. The van der Waals surface area contributed by atoms with Crippen LogP contribution in [-0.2, 0) is 9.53 Å². The molecule has 26 heavy (non-hydrogen) atoms. The first-order valence-corrected chi connectivity index (χ1v) is 8.58. The zero-order chi connectivity index (χ0) is 18.8. The van der Waals surface area contributed by atoms with Gasteiger partial charge in [0.25, 0.3) is 0 Å². The van der Waals surface area contributed by atoms with Gasteiger partial charge in [0.05, 0.1) is 22.2 Å². The monoisotopic (exact) mass is 418 g/mol. The Labute approximate surface area is 157 Å². The number of hydrogen-bond acceptors (Lipinski definition) is 6. The number of benzene rings is 1. The summed E-state index contributed by atoms with van der Waals surface area (Å²) in [7, 11) is 1.58. The second-order valence-corrected chi connectivity index (χ2v) is 6.44. The van der Waals surface area contributed by atoms with Crippen LogP contribution >= 0.6 is 15.9 Å². The number of rotatable bonds is 6. The number of fused-ring (bicyclic) bond motifs is 1. The third kappa shape index (κ3) is 3.15. The quantitative estimate of drug-likeness (QED) is 0.406. The average molecular weight is 419 g/mol. The molecule has 0 bridgehead atoms. The molecule has 0 radical (unpaired) electrons. The third-order valence-corrected chi connectivity index (χ3v) is 4.97. The fourth-order valence-electron chi connectivity index (χ4n) is 2.57. The Bertz CT molecular complexity index is 920. The highest BCUT2D eigenvalue weighted by atomic mass is 79.9. The van der Waals surface area contributed by atoms with E-state index >= 15 is 0 Å². The average Bonchev–Trinajstić information content (AvgIpc) is 3.10. The molecule has 1 aliphatic carbocycles. The van der Waals surface area contributed by atoms with Crippen LogP contribution in [0.15, 0.2) is 40.5 Å². The van der Waals surface area contributed by atoms with Crippen molar-refractivity contribution in [3.63, 3.8) is 0 Å². The van der Waals surface area contributed by atoms with E-state index in [1.54, 1.807) is 31.4 Å². The van der Waals surface area contributed by atoms with Gasteiger partial charge in [-0.15, -0.1) is 0 Å². The lowest BCUT2D eigenvalue weighted by atomic mass is 9.90. The fraction of sp³-hybridized carbons (Fsp3) is 0.211. The maximum atomic E-state index is 12.8. The normalized spacial score (nSPS) is 13.8. The van der Waals surface area contributed by atoms with E-state index in [0.29, 0.717) is 29.0 Å². The summed E-state index contributed by atoms with van der Waals surface area (Å²) in [4.78, 5) is 37.2. The molecule has 0 saturated carbocycles. The second-order valence-electron chi connectivity index (χ2n) is 5.65. The van der Waals surface area contributed by atoms with Gasteiger partial charge in [-0.2, -0.15) is 0 Å². The zero-order valence-electron chi connectivity index (χ0n) is 14.1. The molecule has 0 N–H and O–H groups in total. The first-order chi connectivity index (χ1) is 12.5. The minimum absolute atomic E-state index is 0.00195. The molecular formula is C19H15BrO6. The predicted molar refractivity (Wildman–Crippen MR) is 96.8 cm³/mol. The Hall–Kier alpha value is -2.51. The van der Waals surface area contributed by atoms with Crippen molar-refractivity contribution in [3.05, 3.63) is 58.6 Å². The van der Waals surface area contributed by atoms with Gasteiger partial charge in [0.2, 0.25) is 11.6 Å². The molecule has 0 atom stereocenters. The molecule has 0 aliphatic heterocycles. The van der Waals surface area contributed by atoms with Crippen LogP contribution in [0.1, 0.15) is 39.0 Å². The van der Waals surface area contributed by atoms with Crippen LogP contribution in [0.4, 0.5) is 0 Å². The molecule has 0 spiro atoms. The second kappa shape index (κ2) is 7.39. The predicted octanol–water partition coefficient (Wildman–Crippen LogP) is 3.43. The summed E-state index contributed by atoms with van der Waals surface area (Å²) in [5, 5.41) is 0. The molecular weight excluding hydrogens is 404 g/mol. The first-order valence-electron chi connectivity index (χ1n) is 7.79. The number of carbonyl (C=O) groups excluding carboxylic acids is 3. The van der Waals surface area contributed by atoms with Crippen molar-refractivity contribution < 1.29 is 28.3 Å². The number of halogens is 1. The van der Waals surface area contributed by atoms with Gasteiger partial charge in [0.15, 0.2) is 11.5 Å². The van der Waals surface area contributed by atoms with E-state index in [1.807, 2.05) is 0 Å². The summed E-state index contributed by atoms with van der Waals surface area (Å²) < 4.78 is 16.1. The molecule has 2 aromatic rings. The van der Waals surface area contributed by atoms with Gasteiger partial charge in [-0.25, -0.2) is 0 Å². The molecule has 1 aliphatic rings. The Morgan fingerprint density at radius 3 is 2.46 bits per heavy atom. The molecule has 134 valence electrons. The van der Waals surface area contributed by atoms with Crippen molar-refractivity contribution in [2.75, 3.05) is 20.3 Å². The van der Waals surface area contributed by atoms with Gasteiger partial charge in [-0.1, -0.05) is 0 Å². The Morgan fingerprint density at radius 1 is 1.12 bits per heavy atom. The minimum Gasteiger partial charge on any atom is -0.491 e. The van der Waals surface area contributed by atoms with Crippen molar-refractivity contribution in [3.8, 4) is 5.75 Å². The van der Waals surface area contributed by atoms with Crippen LogP contribution in [0.3, 0.4) is 0 Å². The van der Waals surface area contributed by atoms with E-state index < -0.39 is 17.3 Å². The highest BCUT2D eigenvalue weighted by Gasteiger charge is 2.36. The summed E-state index contributed by atoms with van der Waals surface area (Å²) in [5.41, 5.74) is 0.678. The number of furan rings is 1. The number of methoxy groups -OCH3 is 1. The number of carbonyl (C=O) groups is 3. The molecule has 0 saturated heterocycles. The van der Waals surface area contributed by atoms with Crippen molar-refractivity contribution in [2.45, 2.75) is 6.92 Å². The van der Waals surface area contributed by atoms with Gasteiger partial charge >= 0.3 is 0 Å². The summed E-state index contributed by atoms with van der Waals surface area (Å²) in [6.45, 7) is 2.38. The van der Waals surface area contributed by atoms with Crippen LogP contribution in [0.5, 0.6) is 5.75 Å². The molecule has 1 aromatic carbocycles. The van der Waals surface area contributed by atoms with E-state index in [4.69, 9.17) is 13.9 Å². The molecule has 3 rings (SSSR count). The Morgan fingerprint density at radius 2 is 1.81 bits per heavy atom. The number of hydrogen-bond donors (Lipinski definition) is 0. The molecule has 0 amide bonds. The lowest BCUT2D eigenvalue weighted by Gasteiger charge is -2.11. The Kier molecular flexibility index (Phi) is 5.20. The zero-order valence-corrected chi connectivity index (χ0v) is 15.7.